The highest BCUT2D eigenvalue weighted by molar-refractivity contribution is 5.21. The van der Waals surface area contributed by atoms with Crippen molar-refractivity contribution in [3.63, 3.8) is 0 Å². The largest absolute Gasteiger partial charge is 0.492 e. The van der Waals surface area contributed by atoms with Crippen LogP contribution in [0.15, 0.2) is 24.3 Å². The molecular formula is C12H17FN2O. The first kappa shape index (κ1) is 11.4. The molecule has 1 aromatic rings. The molecule has 1 heterocycles. The van der Waals surface area contributed by atoms with E-state index in [2.05, 4.69) is 4.90 Å². The molecule has 0 saturated carbocycles. The van der Waals surface area contributed by atoms with E-state index in [4.69, 9.17) is 10.5 Å². The lowest BCUT2D eigenvalue weighted by molar-refractivity contribution is 0.236. The van der Waals surface area contributed by atoms with E-state index in [9.17, 15) is 4.39 Å². The van der Waals surface area contributed by atoms with Gasteiger partial charge >= 0.3 is 0 Å². The summed E-state index contributed by atoms with van der Waals surface area (Å²) in [4.78, 5) is 2.29. The predicted octanol–water partition coefficient (Wildman–Crippen LogP) is 1.24. The second kappa shape index (κ2) is 5.27. The third kappa shape index (κ3) is 3.18. The normalized spacial score (nSPS) is 21.2. The van der Waals surface area contributed by atoms with Crippen molar-refractivity contribution >= 4 is 0 Å². The van der Waals surface area contributed by atoms with Gasteiger partial charge in [-0.25, -0.2) is 4.39 Å². The summed E-state index contributed by atoms with van der Waals surface area (Å²) in [7, 11) is 0. The van der Waals surface area contributed by atoms with Crippen LogP contribution in [0.25, 0.3) is 0 Å². The number of nitrogens with zero attached hydrogens (tertiary/aromatic N) is 1. The van der Waals surface area contributed by atoms with Crippen LogP contribution < -0.4 is 10.5 Å². The Morgan fingerprint density at radius 1 is 1.38 bits per heavy atom. The molecule has 1 aliphatic rings. The molecule has 1 atom stereocenters. The van der Waals surface area contributed by atoms with Crippen LogP contribution in [0.5, 0.6) is 5.75 Å². The van der Waals surface area contributed by atoms with Gasteiger partial charge in [0.1, 0.15) is 18.2 Å². The zero-order valence-corrected chi connectivity index (χ0v) is 9.23. The van der Waals surface area contributed by atoms with E-state index < -0.39 is 0 Å². The zero-order valence-electron chi connectivity index (χ0n) is 9.23. The second-order valence-corrected chi connectivity index (χ2v) is 4.15. The van der Waals surface area contributed by atoms with Gasteiger partial charge in [-0.15, -0.1) is 0 Å². The fourth-order valence-electron chi connectivity index (χ4n) is 1.89. The minimum Gasteiger partial charge on any atom is -0.492 e. The Hall–Kier alpha value is -1.13. The molecule has 0 amide bonds. The van der Waals surface area contributed by atoms with Gasteiger partial charge in [-0.2, -0.15) is 0 Å². The summed E-state index contributed by atoms with van der Waals surface area (Å²) < 4.78 is 18.1. The molecule has 88 valence electrons. The Labute approximate surface area is 95.0 Å². The highest BCUT2D eigenvalue weighted by atomic mass is 19.1. The van der Waals surface area contributed by atoms with Crippen molar-refractivity contribution in [2.45, 2.75) is 12.5 Å². The van der Waals surface area contributed by atoms with E-state index in [-0.39, 0.29) is 5.82 Å². The number of ether oxygens (including phenoxy) is 1. The Morgan fingerprint density at radius 2 is 2.12 bits per heavy atom. The molecule has 0 unspecified atom stereocenters. The Balaban J connectivity index is 1.70. The fourth-order valence-corrected chi connectivity index (χ4v) is 1.89. The number of benzene rings is 1. The van der Waals surface area contributed by atoms with Gasteiger partial charge in [0.05, 0.1) is 0 Å². The van der Waals surface area contributed by atoms with E-state index in [1.165, 1.54) is 12.1 Å². The van der Waals surface area contributed by atoms with Crippen molar-refractivity contribution in [2.75, 3.05) is 26.2 Å². The number of hydrogen-bond donors (Lipinski definition) is 1. The summed E-state index contributed by atoms with van der Waals surface area (Å²) in [5, 5.41) is 0. The molecule has 2 rings (SSSR count). The SMILES string of the molecule is N[C@@H]1CCN(CCOc2ccc(F)cc2)C1. The molecule has 1 saturated heterocycles. The third-order valence-electron chi connectivity index (χ3n) is 2.80. The molecule has 0 bridgehead atoms. The molecule has 0 radical (unpaired) electrons. The maximum atomic E-state index is 12.6. The van der Waals surface area contributed by atoms with Crippen LogP contribution in [-0.4, -0.2) is 37.2 Å². The maximum absolute atomic E-state index is 12.6. The van der Waals surface area contributed by atoms with Crippen molar-refractivity contribution in [3.8, 4) is 5.75 Å². The molecule has 1 aromatic carbocycles. The van der Waals surface area contributed by atoms with Crippen LogP contribution in [0.2, 0.25) is 0 Å². The number of likely N-dealkylation sites (tertiary alicyclic amines) is 1. The topological polar surface area (TPSA) is 38.5 Å². The molecular weight excluding hydrogens is 207 g/mol. The summed E-state index contributed by atoms with van der Waals surface area (Å²) in [6, 6.07) is 6.41. The Morgan fingerprint density at radius 3 is 2.75 bits per heavy atom. The van der Waals surface area contributed by atoms with Gasteiger partial charge in [0.2, 0.25) is 0 Å². The number of nitrogens with two attached hydrogens (primary N) is 1. The van der Waals surface area contributed by atoms with Gasteiger partial charge < -0.3 is 10.5 Å². The van der Waals surface area contributed by atoms with Crippen LogP contribution in [0.3, 0.4) is 0 Å². The van der Waals surface area contributed by atoms with Gasteiger partial charge in [-0.1, -0.05) is 0 Å². The van der Waals surface area contributed by atoms with Crippen molar-refractivity contribution in [1.82, 2.24) is 4.90 Å². The second-order valence-electron chi connectivity index (χ2n) is 4.15. The average Bonchev–Trinajstić information content (AvgIpc) is 2.67. The number of halogens is 1. The van der Waals surface area contributed by atoms with E-state index in [1.807, 2.05) is 0 Å². The fraction of sp³-hybridized carbons (Fsp3) is 0.500. The molecule has 2 N–H and O–H groups in total. The van der Waals surface area contributed by atoms with Gasteiger partial charge in [-0.05, 0) is 37.2 Å². The third-order valence-corrected chi connectivity index (χ3v) is 2.80. The maximum Gasteiger partial charge on any atom is 0.123 e. The zero-order chi connectivity index (χ0) is 11.4. The van der Waals surface area contributed by atoms with Gasteiger partial charge in [0.15, 0.2) is 0 Å². The van der Waals surface area contributed by atoms with Crippen molar-refractivity contribution in [3.05, 3.63) is 30.1 Å². The molecule has 1 aliphatic heterocycles. The first-order valence-electron chi connectivity index (χ1n) is 5.60. The molecule has 3 nitrogen and oxygen atoms in total. The van der Waals surface area contributed by atoms with Crippen LogP contribution in [-0.2, 0) is 0 Å². The van der Waals surface area contributed by atoms with Crippen LogP contribution in [0, 0.1) is 5.82 Å². The Bertz CT molecular complexity index is 328. The summed E-state index contributed by atoms with van der Waals surface area (Å²) in [6.45, 7) is 3.50. The van der Waals surface area contributed by atoms with Crippen LogP contribution >= 0.6 is 0 Å². The number of hydrogen-bond acceptors (Lipinski definition) is 3. The van der Waals surface area contributed by atoms with Gasteiger partial charge in [0, 0.05) is 19.1 Å². The van der Waals surface area contributed by atoms with Crippen molar-refractivity contribution in [2.24, 2.45) is 5.73 Å². The standard InChI is InChI=1S/C12H17FN2O/c13-10-1-3-12(4-2-10)16-8-7-15-6-5-11(14)9-15/h1-4,11H,5-9,14H2/t11-/m1/s1. The first-order valence-corrected chi connectivity index (χ1v) is 5.60. The molecule has 1 fully saturated rings. The molecule has 0 aromatic heterocycles. The lowest BCUT2D eigenvalue weighted by atomic mass is 10.3. The summed E-state index contributed by atoms with van der Waals surface area (Å²) in [5.74, 6) is 0.475. The van der Waals surface area contributed by atoms with Gasteiger partial charge in [-0.3, -0.25) is 4.90 Å². The predicted molar refractivity (Wildman–Crippen MR) is 60.9 cm³/mol. The highest BCUT2D eigenvalue weighted by Gasteiger charge is 2.18. The molecule has 16 heavy (non-hydrogen) atoms. The quantitative estimate of drug-likeness (QED) is 0.836. The van der Waals surface area contributed by atoms with Crippen molar-refractivity contribution in [1.29, 1.82) is 0 Å². The average molecular weight is 224 g/mol. The molecule has 0 aliphatic carbocycles. The summed E-state index contributed by atoms with van der Waals surface area (Å²) >= 11 is 0. The monoisotopic (exact) mass is 224 g/mol. The lowest BCUT2D eigenvalue weighted by Crippen LogP contribution is -2.29. The first-order chi connectivity index (χ1) is 7.74. The summed E-state index contributed by atoms with van der Waals surface area (Å²) in [5.41, 5.74) is 5.80. The van der Waals surface area contributed by atoms with Crippen molar-refractivity contribution < 1.29 is 9.13 Å². The van der Waals surface area contributed by atoms with Gasteiger partial charge in [0.25, 0.3) is 0 Å². The van der Waals surface area contributed by atoms with E-state index in [0.717, 1.165) is 26.1 Å². The van der Waals surface area contributed by atoms with Crippen LogP contribution in [0.4, 0.5) is 4.39 Å². The minimum absolute atomic E-state index is 0.238. The van der Waals surface area contributed by atoms with Crippen LogP contribution in [0.1, 0.15) is 6.42 Å². The smallest absolute Gasteiger partial charge is 0.123 e. The number of rotatable bonds is 4. The summed E-state index contributed by atoms with van der Waals surface area (Å²) in [6.07, 6.45) is 1.07. The molecule has 0 spiro atoms. The lowest BCUT2D eigenvalue weighted by Gasteiger charge is -2.15. The highest BCUT2D eigenvalue weighted by Crippen LogP contribution is 2.11. The van der Waals surface area contributed by atoms with E-state index >= 15 is 0 Å². The Kier molecular flexibility index (Phi) is 3.74. The van der Waals surface area contributed by atoms with E-state index in [0.29, 0.717) is 18.4 Å². The van der Waals surface area contributed by atoms with E-state index in [1.54, 1.807) is 12.1 Å². The molecule has 4 heteroatoms. The minimum atomic E-state index is -0.238.